The molecule has 19 heteroatoms. The van der Waals surface area contributed by atoms with Crippen LogP contribution in [0.3, 0.4) is 0 Å². The summed E-state index contributed by atoms with van der Waals surface area (Å²) >= 11 is 8.88. The molecule has 4 aromatic rings. The minimum absolute atomic E-state index is 0.0320. The highest BCUT2D eigenvalue weighted by Gasteiger charge is 2.45. The van der Waals surface area contributed by atoms with Gasteiger partial charge < -0.3 is 27.2 Å². The maximum Gasteiger partial charge on any atom is 0.315 e. The van der Waals surface area contributed by atoms with E-state index in [1.807, 2.05) is 0 Å². The summed E-state index contributed by atoms with van der Waals surface area (Å²) in [6.07, 6.45) is 16.1. The number of thioether (sulfide) groups is 4. The number of esters is 2. The first-order valence-electron chi connectivity index (χ1n) is 35.0. The molecule has 1 fully saturated rings. The molecule has 0 spiro atoms. The Labute approximate surface area is 622 Å². The molecule has 2 unspecified atom stereocenters. The van der Waals surface area contributed by atoms with Gasteiger partial charge >= 0.3 is 11.9 Å². The van der Waals surface area contributed by atoms with Gasteiger partial charge in [0.1, 0.15) is 5.78 Å². The van der Waals surface area contributed by atoms with Crippen LogP contribution in [0, 0.1) is 17.8 Å². The average Bonchev–Trinajstić information content (AvgIpc) is 1.74. The molecule has 97 heavy (non-hydrogen) atoms. The van der Waals surface area contributed by atoms with E-state index in [2.05, 4.69) is 276 Å². The smallest absolute Gasteiger partial charge is 0.315 e. The first-order chi connectivity index (χ1) is 45.1. The van der Waals surface area contributed by atoms with Crippen LogP contribution in [0.5, 0.6) is 0 Å². The number of methoxy groups -OCH3 is 2. The number of Topliss-reactive ketones (excluding diaryl/α,β-unsaturated/α-hetero) is 2. The molecule has 6 rings (SSSR count). The molecule has 0 radical (unpaired) electrons. The Balaban J connectivity index is 0.000000342. The Hall–Kier alpha value is -2.26. The monoisotopic (exact) mass is 1590 g/mol. The van der Waals surface area contributed by atoms with Crippen molar-refractivity contribution in [2.24, 2.45) is 17.8 Å². The summed E-state index contributed by atoms with van der Waals surface area (Å²) in [6, 6.07) is 30.6. The number of allylic oxidation sites excluding steroid dienone is 2. The van der Waals surface area contributed by atoms with Crippen molar-refractivity contribution >= 4 is 148 Å². The van der Waals surface area contributed by atoms with Gasteiger partial charge in [-0.25, -0.2) is 0 Å². The van der Waals surface area contributed by atoms with Crippen molar-refractivity contribution in [2.75, 3.05) is 62.0 Å². The van der Waals surface area contributed by atoms with Gasteiger partial charge in [-0.15, -0.1) is 23.5 Å². The predicted molar refractivity (Wildman–Crippen MR) is 442 cm³/mol. The number of fused-ring (bicyclic) bond motifs is 2. The number of aryl methyl sites for hydroxylation is 2. The second-order valence-electron chi connectivity index (χ2n) is 32.2. The predicted octanol–water partition coefficient (Wildman–Crippen LogP) is 22.0. The zero-order chi connectivity index (χ0) is 72.6. The zero-order valence-electron chi connectivity index (χ0n) is 63.3. The van der Waals surface area contributed by atoms with E-state index in [0.717, 1.165) is 66.4 Å². The summed E-state index contributed by atoms with van der Waals surface area (Å²) in [5.41, 5.74) is 2.71. The lowest BCUT2D eigenvalue weighted by Gasteiger charge is -2.39. The molecule has 0 aliphatic heterocycles. The lowest BCUT2D eigenvalue weighted by molar-refractivity contribution is -0.138. The van der Waals surface area contributed by atoms with Crippen LogP contribution < -0.4 is 0 Å². The number of ketones is 2. The molecule has 0 amide bonds. The van der Waals surface area contributed by atoms with E-state index in [1.165, 1.54) is 46.9 Å². The van der Waals surface area contributed by atoms with Gasteiger partial charge in [-0.3, -0.25) is 19.2 Å². The van der Waals surface area contributed by atoms with Gasteiger partial charge in [-0.1, -0.05) is 215 Å². The second kappa shape index (κ2) is 40.1. The average molecular weight is 1590 g/mol. The number of carbonyl (C=O) groups excluding carboxylic acids is 4. The molecule has 4 aromatic carbocycles. The molecular weight excluding hydrogens is 1460 g/mol. The maximum absolute atomic E-state index is 13.6. The van der Waals surface area contributed by atoms with Crippen LogP contribution in [0.2, 0.25) is 72.5 Å². The highest BCUT2D eigenvalue weighted by molar-refractivity contribution is 14.1. The van der Waals surface area contributed by atoms with Crippen molar-refractivity contribution in [3.8, 4) is 0 Å². The molecule has 0 N–H and O–H groups in total. The van der Waals surface area contributed by atoms with Crippen molar-refractivity contribution in [3.05, 3.63) is 129 Å². The maximum atomic E-state index is 13.6. The van der Waals surface area contributed by atoms with Crippen LogP contribution in [0.15, 0.2) is 118 Å². The SMILES string of the molecule is CC(C)(C)[Si](C)(C)OC(/C=C/I)CCc1ccc2ccccc2c1.COC(=O)CSCCCSC1=C[C@H](CO[Si](C)(C)C(C)(C)C)CC1=O.COC(=O)CSCCCS[C@H]1C(=O)C[C@@H](CO[Si](C)(C)C(C)(C)C)[C@@H]1/C=C/C(CCc1ccc2ccccc2c1)O[Si](C)(C)C(C)(C)C. The minimum Gasteiger partial charge on any atom is -0.468 e. The highest BCUT2D eigenvalue weighted by atomic mass is 127. The van der Waals surface area contributed by atoms with Gasteiger partial charge in [0, 0.05) is 42.8 Å². The quantitative estimate of drug-likeness (QED) is 0.0148. The van der Waals surface area contributed by atoms with E-state index >= 15 is 0 Å². The van der Waals surface area contributed by atoms with Gasteiger partial charge in [-0.05, 0) is 177 Å². The van der Waals surface area contributed by atoms with E-state index in [0.29, 0.717) is 43.3 Å². The molecule has 2 aliphatic carbocycles. The van der Waals surface area contributed by atoms with Gasteiger partial charge in [0.05, 0.1) is 43.2 Å². The fraction of sp³-hybridized carbons (Fsp3) is 0.615. The summed E-state index contributed by atoms with van der Waals surface area (Å²) in [7, 11) is -4.69. The highest BCUT2D eigenvalue weighted by Crippen LogP contribution is 2.44. The first-order valence-corrected chi connectivity index (χ1v) is 52.2. The zero-order valence-corrected chi connectivity index (χ0v) is 72.8. The molecular formula is C78H123IO10S4Si4. The summed E-state index contributed by atoms with van der Waals surface area (Å²) in [5, 5.41) is 5.71. The fourth-order valence-corrected chi connectivity index (χ4v) is 19.5. The molecule has 1 saturated carbocycles. The van der Waals surface area contributed by atoms with Crippen LogP contribution in [-0.4, -0.2) is 136 Å². The molecule has 2 aliphatic rings. The van der Waals surface area contributed by atoms with Gasteiger partial charge in [-0.2, -0.15) is 23.5 Å². The van der Waals surface area contributed by atoms with Crippen LogP contribution in [-0.2, 0) is 59.2 Å². The summed E-state index contributed by atoms with van der Waals surface area (Å²) in [5.74, 6) is 5.01. The Kier molecular flexibility index (Phi) is 36.1. The molecule has 6 atom stereocenters. The number of carbonyl (C=O) groups is 4. The topological polar surface area (TPSA) is 124 Å². The van der Waals surface area contributed by atoms with Crippen LogP contribution >= 0.6 is 69.6 Å². The van der Waals surface area contributed by atoms with Crippen molar-refractivity contribution < 1.29 is 46.4 Å². The standard InChI is InChI=1S/C39H62O5S2Si2.C21H29IOSi.C18H32O4S2Si/c1-38(2,3)47(8,9)43-27-32-26-35(40)37(46-24-14-23-45-28-36(41)42-7)34(32)22-21-33(44-48(10,11)39(4,5)6)20-18-29-17-19-30-15-12-13-16-31(30)25-29;1-21(2,3)24(4,5)23-20(14-15-22)13-11-17-10-12-18-8-6-7-9-19(18)16-17;1-18(2,3)25(5,6)22-12-14-10-15(19)16(11-14)24-9-7-8-23-13-17(20)21-4/h12-13,15-17,19,21-22,25,32-34,37H,14,18,20,23-24,26-28H2,1-11H3;6-10,12,14-16,20H,11,13H2,1-5H3;11,14H,7-10,12-13H2,1-6H3/b22-21+;15-14+;/t32-,33?,34-,37+;;14-/m0.1/s1. The van der Waals surface area contributed by atoms with Crippen molar-refractivity contribution in [3.63, 3.8) is 0 Å². The Bertz CT molecular complexity index is 3210. The van der Waals surface area contributed by atoms with Gasteiger partial charge in [0.2, 0.25) is 0 Å². The molecule has 0 saturated heterocycles. The molecule has 0 bridgehead atoms. The molecule has 542 valence electrons. The van der Waals surface area contributed by atoms with E-state index in [9.17, 15) is 19.2 Å². The van der Waals surface area contributed by atoms with E-state index < -0.39 is 33.3 Å². The summed E-state index contributed by atoms with van der Waals surface area (Å²) in [4.78, 5) is 49.2. The van der Waals surface area contributed by atoms with Crippen molar-refractivity contribution in [1.82, 2.24) is 0 Å². The molecule has 10 nitrogen and oxygen atoms in total. The van der Waals surface area contributed by atoms with Crippen LogP contribution in [0.25, 0.3) is 21.5 Å². The number of benzene rings is 4. The van der Waals surface area contributed by atoms with Gasteiger partial charge in [0.25, 0.3) is 0 Å². The van der Waals surface area contributed by atoms with Gasteiger partial charge in [0.15, 0.2) is 39.1 Å². The third-order valence-electron chi connectivity index (χ3n) is 20.4. The third kappa shape index (κ3) is 29.4. The van der Waals surface area contributed by atoms with Crippen LogP contribution in [0.4, 0.5) is 0 Å². The van der Waals surface area contributed by atoms with Crippen molar-refractivity contribution in [1.29, 1.82) is 0 Å². The largest absolute Gasteiger partial charge is 0.468 e. The Morgan fingerprint density at radius 2 is 0.990 bits per heavy atom. The normalized spacial score (nSPS) is 18.3. The third-order valence-corrected chi connectivity index (χ3v) is 43.5. The summed E-state index contributed by atoms with van der Waals surface area (Å²) < 4.78 is 38.1. The first kappa shape index (κ1) is 87.1. The molecule has 0 heterocycles. The number of hydrogen-bond donors (Lipinski definition) is 0. The van der Waals surface area contributed by atoms with E-state index in [4.69, 9.17) is 22.4 Å². The number of halogens is 1. The summed E-state index contributed by atoms with van der Waals surface area (Å²) in [6.45, 7) is 47.0. The lowest BCUT2D eigenvalue weighted by Crippen LogP contribution is -2.43. The fourth-order valence-electron chi connectivity index (χ4n) is 9.99. The number of ether oxygens (including phenoxy) is 2. The minimum atomic E-state index is -2.06. The Morgan fingerprint density at radius 3 is 1.43 bits per heavy atom. The van der Waals surface area contributed by atoms with E-state index in [1.54, 1.807) is 47.0 Å². The second-order valence-corrected chi connectivity index (χ2v) is 56.6. The van der Waals surface area contributed by atoms with E-state index in [-0.39, 0.29) is 73.1 Å². The number of rotatable bonds is 33. The lowest BCUT2D eigenvalue weighted by atomic mass is 9.95. The Morgan fingerprint density at radius 1 is 0.557 bits per heavy atom. The van der Waals surface area contributed by atoms with Crippen molar-refractivity contribution in [2.45, 2.75) is 224 Å². The molecule has 0 aromatic heterocycles. The number of hydrogen-bond acceptors (Lipinski definition) is 14. The van der Waals surface area contributed by atoms with Crippen LogP contribution in [0.1, 0.15) is 133 Å².